The number of phenols is 1. The Bertz CT molecular complexity index is 1130. The van der Waals surface area contributed by atoms with Gasteiger partial charge in [-0.25, -0.2) is 0 Å². The SMILES string of the molecule is C=Cc1cccc(C(=O)Nc2cc(C(F)(F)F)cc(C(F)(F)F)c2)c1O.c1cc2cc-2c1. The number of amides is 1. The molecule has 0 radical (unpaired) electrons. The van der Waals surface area contributed by atoms with Crippen LogP contribution in [0.5, 0.6) is 5.75 Å². The maximum Gasteiger partial charge on any atom is 0.416 e. The zero-order chi connectivity index (χ0) is 23.7. The van der Waals surface area contributed by atoms with Crippen LogP contribution in [0.4, 0.5) is 32.0 Å². The Balaban J connectivity index is 0.000000405. The predicted octanol–water partition coefficient (Wildman–Crippen LogP) is 6.99. The van der Waals surface area contributed by atoms with Crippen LogP contribution >= 0.6 is 0 Å². The summed E-state index contributed by atoms with van der Waals surface area (Å²) < 4.78 is 77.0. The lowest BCUT2D eigenvalue weighted by atomic mass is 10.1. The summed E-state index contributed by atoms with van der Waals surface area (Å²) in [6, 6.07) is 13.1. The van der Waals surface area contributed by atoms with E-state index in [4.69, 9.17) is 0 Å². The van der Waals surface area contributed by atoms with Crippen LogP contribution in [0, 0.1) is 0 Å². The van der Waals surface area contributed by atoms with Gasteiger partial charge in [0.25, 0.3) is 5.91 Å². The van der Waals surface area contributed by atoms with E-state index in [1.807, 2.05) is 5.32 Å². The van der Waals surface area contributed by atoms with E-state index in [9.17, 15) is 36.2 Å². The van der Waals surface area contributed by atoms with Crippen molar-refractivity contribution in [2.45, 2.75) is 12.4 Å². The van der Waals surface area contributed by atoms with Crippen molar-refractivity contribution in [1.29, 1.82) is 0 Å². The molecule has 0 saturated carbocycles. The summed E-state index contributed by atoms with van der Waals surface area (Å²) in [5.41, 5.74) is -1.13. The van der Waals surface area contributed by atoms with Gasteiger partial charge in [-0.3, -0.25) is 4.79 Å². The standard InChI is InChI=1S/C17H11F6NO2.C6H4/c1-2-9-4-3-5-13(14(9)25)15(26)24-12-7-10(16(18,19)20)6-11(8-12)17(21,22)23;1-2-5-4-6(5)3-1/h2-8,25H,1H2,(H,24,26);1-4H. The highest BCUT2D eigenvalue weighted by molar-refractivity contribution is 6.06. The van der Waals surface area contributed by atoms with E-state index < -0.39 is 40.8 Å². The molecule has 4 rings (SSSR count). The quantitative estimate of drug-likeness (QED) is 0.330. The van der Waals surface area contributed by atoms with Crippen molar-refractivity contribution in [3.05, 3.63) is 89.5 Å². The second-order valence-electron chi connectivity index (χ2n) is 6.78. The molecule has 0 aromatic heterocycles. The topological polar surface area (TPSA) is 49.3 Å². The molecular weight excluding hydrogens is 436 g/mol. The number of alkyl halides is 6. The molecule has 3 nitrogen and oxygen atoms in total. The second-order valence-corrected chi connectivity index (χ2v) is 6.78. The largest absolute Gasteiger partial charge is 0.506 e. The lowest BCUT2D eigenvalue weighted by Crippen LogP contribution is -2.16. The van der Waals surface area contributed by atoms with Gasteiger partial charge in [0.1, 0.15) is 5.75 Å². The summed E-state index contributed by atoms with van der Waals surface area (Å²) in [5.74, 6) is -1.57. The van der Waals surface area contributed by atoms with Crippen LogP contribution in [0.25, 0.3) is 17.2 Å². The highest BCUT2D eigenvalue weighted by Gasteiger charge is 2.37. The Kier molecular flexibility index (Phi) is 6.03. The highest BCUT2D eigenvalue weighted by Crippen LogP contribution is 2.38. The van der Waals surface area contributed by atoms with Gasteiger partial charge in [0.15, 0.2) is 0 Å². The molecule has 32 heavy (non-hydrogen) atoms. The molecule has 2 aromatic rings. The zero-order valence-electron chi connectivity index (χ0n) is 16.2. The number of benzene rings is 3. The predicted molar refractivity (Wildman–Crippen MR) is 108 cm³/mol. The third-order valence-corrected chi connectivity index (χ3v) is 4.49. The number of anilines is 1. The van der Waals surface area contributed by atoms with Crippen LogP contribution in [-0.2, 0) is 12.4 Å². The number of aromatic hydroxyl groups is 1. The van der Waals surface area contributed by atoms with Gasteiger partial charge in [-0.05, 0) is 41.5 Å². The van der Waals surface area contributed by atoms with E-state index in [1.54, 1.807) is 0 Å². The molecule has 0 spiro atoms. The molecule has 1 amide bonds. The highest BCUT2D eigenvalue weighted by atomic mass is 19.4. The average molecular weight is 451 g/mol. The first kappa shape index (κ1) is 22.9. The van der Waals surface area contributed by atoms with E-state index in [1.165, 1.54) is 29.3 Å². The Morgan fingerprint density at radius 3 is 1.78 bits per heavy atom. The van der Waals surface area contributed by atoms with Crippen LogP contribution in [0.3, 0.4) is 0 Å². The molecule has 0 unspecified atom stereocenters. The molecule has 0 atom stereocenters. The molecular formula is C23H15F6NO2. The van der Waals surface area contributed by atoms with Gasteiger partial charge in [0.2, 0.25) is 0 Å². The van der Waals surface area contributed by atoms with Gasteiger partial charge in [0.05, 0.1) is 16.7 Å². The lowest BCUT2D eigenvalue weighted by molar-refractivity contribution is -0.143. The smallest absolute Gasteiger partial charge is 0.416 e. The maximum atomic E-state index is 12.8. The molecule has 2 aliphatic carbocycles. The minimum atomic E-state index is -5.04. The number of carbonyl (C=O) groups excluding carboxylic acids is 1. The van der Waals surface area contributed by atoms with Crippen LogP contribution in [0.15, 0.2) is 67.2 Å². The Hall–Kier alpha value is -3.75. The number of nitrogens with one attached hydrogen (secondary N) is 1. The Morgan fingerprint density at radius 1 is 0.844 bits per heavy atom. The molecule has 9 heteroatoms. The fraction of sp³-hybridized carbons (Fsp3) is 0.0870. The maximum absolute atomic E-state index is 12.8. The van der Waals surface area contributed by atoms with Gasteiger partial charge in [-0.2, -0.15) is 26.3 Å². The first-order valence-electron chi connectivity index (χ1n) is 9.06. The number of phenolic OH excluding ortho intramolecular Hbond substituents is 1. The van der Waals surface area contributed by atoms with Crippen molar-refractivity contribution in [3.8, 4) is 16.9 Å². The van der Waals surface area contributed by atoms with Crippen molar-refractivity contribution in [2.75, 3.05) is 5.32 Å². The number of fused-ring (bicyclic) bond motifs is 1. The summed E-state index contributed by atoms with van der Waals surface area (Å²) >= 11 is 0. The van der Waals surface area contributed by atoms with Crippen molar-refractivity contribution in [3.63, 3.8) is 0 Å². The second kappa shape index (κ2) is 8.41. The van der Waals surface area contributed by atoms with Gasteiger partial charge >= 0.3 is 12.4 Å². The molecule has 0 aliphatic heterocycles. The summed E-state index contributed by atoms with van der Waals surface area (Å²) in [7, 11) is 0. The molecule has 166 valence electrons. The summed E-state index contributed by atoms with van der Waals surface area (Å²) in [5, 5.41) is 11.9. The van der Waals surface area contributed by atoms with Crippen LogP contribution in [0.2, 0.25) is 0 Å². The van der Waals surface area contributed by atoms with Crippen molar-refractivity contribution < 1.29 is 36.2 Å². The van der Waals surface area contributed by atoms with Crippen LogP contribution in [0.1, 0.15) is 27.0 Å². The third-order valence-electron chi connectivity index (χ3n) is 4.49. The van der Waals surface area contributed by atoms with E-state index in [2.05, 4.69) is 30.8 Å². The van der Waals surface area contributed by atoms with Crippen LogP contribution in [-0.4, -0.2) is 11.0 Å². The van der Waals surface area contributed by atoms with Crippen molar-refractivity contribution in [2.24, 2.45) is 0 Å². The van der Waals surface area contributed by atoms with Gasteiger partial charge in [-0.1, -0.05) is 43.0 Å². The van der Waals surface area contributed by atoms with Crippen molar-refractivity contribution in [1.82, 2.24) is 0 Å². The number of rotatable bonds is 3. The van der Waals surface area contributed by atoms with Crippen LogP contribution < -0.4 is 5.32 Å². The number of halogens is 6. The minimum absolute atomic E-state index is 0.0501. The first-order chi connectivity index (χ1) is 14.9. The molecule has 2 N–H and O–H groups in total. The number of para-hydroxylation sites is 1. The van der Waals surface area contributed by atoms with E-state index >= 15 is 0 Å². The van der Waals surface area contributed by atoms with Crippen molar-refractivity contribution >= 4 is 17.7 Å². The average Bonchev–Trinajstić information content (AvgIpc) is 3.31. The molecule has 0 bridgehead atoms. The molecule has 2 aromatic carbocycles. The minimum Gasteiger partial charge on any atom is -0.506 e. The molecule has 0 saturated heterocycles. The number of hydrogen-bond acceptors (Lipinski definition) is 2. The normalized spacial score (nSPS) is 11.8. The Morgan fingerprint density at radius 2 is 1.38 bits per heavy atom. The molecule has 0 heterocycles. The molecule has 2 aliphatic rings. The van der Waals surface area contributed by atoms with Gasteiger partial charge in [-0.15, -0.1) is 0 Å². The molecule has 0 fully saturated rings. The van der Waals surface area contributed by atoms with Gasteiger partial charge in [0, 0.05) is 11.3 Å². The number of carbonyl (C=O) groups is 1. The fourth-order valence-electron chi connectivity index (χ4n) is 2.81. The number of hydrogen-bond donors (Lipinski definition) is 2. The third kappa shape index (κ3) is 5.29. The fourth-order valence-corrected chi connectivity index (χ4v) is 2.81. The summed E-state index contributed by atoms with van der Waals surface area (Å²) in [4.78, 5) is 12.2. The summed E-state index contributed by atoms with van der Waals surface area (Å²) in [6.07, 6.45) is -8.84. The van der Waals surface area contributed by atoms with E-state index in [0.29, 0.717) is 12.1 Å². The van der Waals surface area contributed by atoms with E-state index in [0.717, 1.165) is 6.07 Å². The zero-order valence-corrected chi connectivity index (χ0v) is 16.2. The van der Waals surface area contributed by atoms with E-state index in [-0.39, 0.29) is 17.2 Å². The summed E-state index contributed by atoms with van der Waals surface area (Å²) in [6.45, 7) is 3.41. The first-order valence-corrected chi connectivity index (χ1v) is 9.06. The monoisotopic (exact) mass is 451 g/mol. The Labute approximate surface area is 178 Å². The lowest BCUT2D eigenvalue weighted by Gasteiger charge is -2.15. The van der Waals surface area contributed by atoms with Gasteiger partial charge < -0.3 is 10.4 Å².